The Morgan fingerprint density at radius 1 is 1.04 bits per heavy atom. The number of nitrogens with one attached hydrogen (secondary N) is 2. The number of amides is 1. The summed E-state index contributed by atoms with van der Waals surface area (Å²) in [7, 11) is 0. The summed E-state index contributed by atoms with van der Waals surface area (Å²) in [6, 6.07) is 15.9. The molecule has 0 aliphatic rings. The van der Waals surface area contributed by atoms with E-state index in [1.807, 2.05) is 24.3 Å². The number of aromatic amines is 1. The Morgan fingerprint density at radius 3 is 2.50 bits per heavy atom. The Kier molecular flexibility index (Phi) is 5.12. The van der Waals surface area contributed by atoms with Gasteiger partial charge in [-0.3, -0.25) is 14.4 Å². The molecule has 1 heterocycles. The maximum absolute atomic E-state index is 12.5. The molecule has 0 spiro atoms. The molecule has 0 aliphatic heterocycles. The molecule has 1 aromatic heterocycles. The second-order valence-electron chi connectivity index (χ2n) is 5.79. The maximum Gasteiger partial charge on any atom is 0.326 e. The standard InChI is InChI=1S/C20H18N2O4/c1-13(19(24)16-11-21-17-10-6-5-9-15(16)17)26-18(23)12-22-20(25)14-7-3-2-4-8-14/h2-11,13,21H,12H2,1H3,(H,22,25)/t13-/m1/s1. The first-order valence-electron chi connectivity index (χ1n) is 8.19. The minimum Gasteiger partial charge on any atom is -0.453 e. The predicted octanol–water partition coefficient (Wildman–Crippen LogP) is 2.71. The Bertz CT molecular complexity index is 947. The molecule has 2 aromatic carbocycles. The lowest BCUT2D eigenvalue weighted by Gasteiger charge is -2.12. The third-order valence-corrected chi connectivity index (χ3v) is 3.96. The zero-order valence-electron chi connectivity index (χ0n) is 14.2. The molecule has 6 nitrogen and oxygen atoms in total. The van der Waals surface area contributed by atoms with E-state index >= 15 is 0 Å². The maximum atomic E-state index is 12.5. The van der Waals surface area contributed by atoms with E-state index in [-0.39, 0.29) is 18.2 Å². The van der Waals surface area contributed by atoms with E-state index in [1.165, 1.54) is 6.92 Å². The van der Waals surface area contributed by atoms with Crippen LogP contribution < -0.4 is 5.32 Å². The van der Waals surface area contributed by atoms with E-state index in [9.17, 15) is 14.4 Å². The highest BCUT2D eigenvalue weighted by atomic mass is 16.5. The number of ether oxygens (including phenoxy) is 1. The SMILES string of the molecule is C[C@@H](OC(=O)CNC(=O)c1ccccc1)C(=O)c1c[nH]c2ccccc12. The van der Waals surface area contributed by atoms with Gasteiger partial charge in [0.2, 0.25) is 5.78 Å². The van der Waals surface area contributed by atoms with Crippen molar-refractivity contribution in [3.63, 3.8) is 0 Å². The fraction of sp³-hybridized carbons (Fsp3) is 0.150. The topological polar surface area (TPSA) is 88.3 Å². The number of fused-ring (bicyclic) bond motifs is 1. The lowest BCUT2D eigenvalue weighted by atomic mass is 10.1. The zero-order valence-corrected chi connectivity index (χ0v) is 14.2. The highest BCUT2D eigenvalue weighted by Crippen LogP contribution is 2.19. The van der Waals surface area contributed by atoms with Gasteiger partial charge in [0, 0.05) is 28.2 Å². The quantitative estimate of drug-likeness (QED) is 0.528. The lowest BCUT2D eigenvalue weighted by molar-refractivity contribution is -0.145. The van der Waals surface area contributed by atoms with Crippen LogP contribution in [0.2, 0.25) is 0 Å². The normalized spacial score (nSPS) is 11.7. The first kappa shape index (κ1) is 17.4. The molecule has 0 fully saturated rings. The molecule has 0 saturated heterocycles. The molecule has 0 unspecified atom stereocenters. The van der Waals surface area contributed by atoms with Gasteiger partial charge < -0.3 is 15.0 Å². The van der Waals surface area contributed by atoms with Crippen molar-refractivity contribution >= 4 is 28.6 Å². The van der Waals surface area contributed by atoms with Crippen molar-refractivity contribution in [1.29, 1.82) is 0 Å². The second kappa shape index (κ2) is 7.65. The molecule has 3 aromatic rings. The number of rotatable bonds is 6. The molecule has 1 amide bonds. The second-order valence-corrected chi connectivity index (χ2v) is 5.79. The summed E-state index contributed by atoms with van der Waals surface area (Å²) in [4.78, 5) is 39.4. The third-order valence-electron chi connectivity index (χ3n) is 3.96. The Labute approximate surface area is 150 Å². The van der Waals surface area contributed by atoms with Crippen molar-refractivity contribution in [2.75, 3.05) is 6.54 Å². The van der Waals surface area contributed by atoms with Crippen LogP contribution in [0.1, 0.15) is 27.6 Å². The minimum atomic E-state index is -0.949. The Morgan fingerprint density at radius 2 is 1.73 bits per heavy atom. The van der Waals surface area contributed by atoms with Crippen molar-refractivity contribution in [3.8, 4) is 0 Å². The number of H-pyrrole nitrogens is 1. The number of ketones is 1. The number of benzene rings is 2. The van der Waals surface area contributed by atoms with Crippen LogP contribution in [0.5, 0.6) is 0 Å². The molecule has 0 bridgehead atoms. The molecule has 0 aliphatic carbocycles. The largest absolute Gasteiger partial charge is 0.453 e. The fourth-order valence-electron chi connectivity index (χ4n) is 2.63. The van der Waals surface area contributed by atoms with Gasteiger partial charge in [-0.1, -0.05) is 36.4 Å². The van der Waals surface area contributed by atoms with Gasteiger partial charge in [-0.15, -0.1) is 0 Å². The number of para-hydroxylation sites is 1. The third kappa shape index (κ3) is 3.80. The van der Waals surface area contributed by atoms with Gasteiger partial charge in [0.25, 0.3) is 5.91 Å². The molecule has 0 saturated carbocycles. The number of esters is 1. The number of carbonyl (C=O) groups is 3. The van der Waals surface area contributed by atoms with Crippen LogP contribution in [0.25, 0.3) is 10.9 Å². The van der Waals surface area contributed by atoms with Gasteiger partial charge in [-0.25, -0.2) is 0 Å². The van der Waals surface area contributed by atoms with Crippen LogP contribution in [0.15, 0.2) is 60.8 Å². The number of hydrogen-bond donors (Lipinski definition) is 2. The van der Waals surface area contributed by atoms with Gasteiger partial charge in [0.1, 0.15) is 6.54 Å². The van der Waals surface area contributed by atoms with Crippen LogP contribution in [-0.2, 0) is 9.53 Å². The Balaban J connectivity index is 1.57. The van der Waals surface area contributed by atoms with Gasteiger partial charge in [0.05, 0.1) is 0 Å². The molecule has 3 rings (SSSR count). The highest BCUT2D eigenvalue weighted by Gasteiger charge is 2.22. The van der Waals surface area contributed by atoms with Crippen LogP contribution in [-0.4, -0.2) is 35.3 Å². The van der Waals surface area contributed by atoms with E-state index in [0.29, 0.717) is 11.1 Å². The summed E-state index contributed by atoms with van der Waals surface area (Å²) >= 11 is 0. The van der Waals surface area contributed by atoms with Crippen molar-refractivity contribution in [1.82, 2.24) is 10.3 Å². The molecule has 6 heteroatoms. The molecule has 132 valence electrons. The van der Waals surface area contributed by atoms with E-state index in [4.69, 9.17) is 4.74 Å². The average Bonchev–Trinajstić information content (AvgIpc) is 3.10. The highest BCUT2D eigenvalue weighted by molar-refractivity contribution is 6.10. The summed E-state index contributed by atoms with van der Waals surface area (Å²) in [6.07, 6.45) is 0.657. The van der Waals surface area contributed by atoms with Gasteiger partial charge in [0.15, 0.2) is 6.10 Å². The Hall–Kier alpha value is -3.41. The van der Waals surface area contributed by atoms with E-state index in [1.54, 1.807) is 36.5 Å². The van der Waals surface area contributed by atoms with Crippen LogP contribution in [0, 0.1) is 0 Å². The molecule has 0 radical (unpaired) electrons. The summed E-state index contributed by atoms with van der Waals surface area (Å²) in [6.45, 7) is 1.21. The first-order valence-corrected chi connectivity index (χ1v) is 8.19. The van der Waals surface area contributed by atoms with Crippen molar-refractivity contribution in [2.24, 2.45) is 0 Å². The number of Topliss-reactive ketones (excluding diaryl/α,β-unsaturated/α-hetero) is 1. The van der Waals surface area contributed by atoms with E-state index in [2.05, 4.69) is 10.3 Å². The minimum absolute atomic E-state index is 0.301. The lowest BCUT2D eigenvalue weighted by Crippen LogP contribution is -2.34. The van der Waals surface area contributed by atoms with Gasteiger partial charge in [-0.2, -0.15) is 0 Å². The summed E-state index contributed by atoms with van der Waals surface area (Å²) in [5.41, 5.74) is 1.75. The smallest absolute Gasteiger partial charge is 0.326 e. The van der Waals surface area contributed by atoms with Crippen LogP contribution in [0.3, 0.4) is 0 Å². The summed E-state index contributed by atoms with van der Waals surface area (Å²) < 4.78 is 5.15. The van der Waals surface area contributed by atoms with Gasteiger partial charge in [-0.05, 0) is 25.1 Å². The number of carbonyl (C=O) groups excluding carboxylic acids is 3. The average molecular weight is 350 g/mol. The fourth-order valence-corrected chi connectivity index (χ4v) is 2.63. The molecular formula is C20H18N2O4. The predicted molar refractivity (Wildman–Crippen MR) is 97.0 cm³/mol. The molecule has 26 heavy (non-hydrogen) atoms. The van der Waals surface area contributed by atoms with Crippen molar-refractivity contribution in [2.45, 2.75) is 13.0 Å². The first-order chi connectivity index (χ1) is 12.6. The molecular weight excluding hydrogens is 332 g/mol. The summed E-state index contributed by atoms with van der Waals surface area (Å²) in [5, 5.41) is 3.25. The zero-order chi connectivity index (χ0) is 18.5. The number of hydrogen-bond acceptors (Lipinski definition) is 4. The van der Waals surface area contributed by atoms with Crippen molar-refractivity contribution < 1.29 is 19.1 Å². The number of aromatic nitrogens is 1. The molecule has 2 N–H and O–H groups in total. The van der Waals surface area contributed by atoms with Crippen LogP contribution in [0.4, 0.5) is 0 Å². The van der Waals surface area contributed by atoms with E-state index < -0.39 is 12.1 Å². The summed E-state index contributed by atoms with van der Waals surface area (Å²) in [5.74, 6) is -1.35. The van der Waals surface area contributed by atoms with Gasteiger partial charge >= 0.3 is 5.97 Å². The van der Waals surface area contributed by atoms with Crippen molar-refractivity contribution in [3.05, 3.63) is 71.9 Å². The monoisotopic (exact) mass is 350 g/mol. The van der Waals surface area contributed by atoms with E-state index in [0.717, 1.165) is 10.9 Å². The molecule has 1 atom stereocenters. The van der Waals surface area contributed by atoms with Crippen LogP contribution >= 0.6 is 0 Å².